The number of nitrogens with one attached hydrogen (secondary N) is 2. The molecule has 1 fully saturated rings. The van der Waals surface area contributed by atoms with Crippen LogP contribution in [0.4, 0.5) is 0 Å². The van der Waals surface area contributed by atoms with Gasteiger partial charge in [-0.15, -0.1) is 0 Å². The Morgan fingerprint density at radius 2 is 2.09 bits per heavy atom. The highest BCUT2D eigenvalue weighted by Gasteiger charge is 2.54. The topological polar surface area (TPSA) is 88.0 Å². The predicted octanol–water partition coefficient (Wildman–Crippen LogP) is 4.31. The molecule has 2 aromatic rings. The lowest BCUT2D eigenvalue weighted by molar-refractivity contribution is -0.123. The van der Waals surface area contributed by atoms with Crippen LogP contribution in [0, 0.1) is 6.92 Å². The zero-order valence-corrected chi connectivity index (χ0v) is 19.6. The van der Waals surface area contributed by atoms with Crippen LogP contribution in [-0.2, 0) is 14.9 Å². The number of azo groups is 1. The first-order chi connectivity index (χ1) is 16.5. The number of pyridine rings is 1. The molecule has 34 heavy (non-hydrogen) atoms. The Balaban J connectivity index is 1.52. The summed E-state index contributed by atoms with van der Waals surface area (Å²) < 4.78 is 5.79. The van der Waals surface area contributed by atoms with Crippen molar-refractivity contribution in [2.45, 2.75) is 56.7 Å². The molecule has 2 N–H and O–H groups in total. The molecule has 4 aliphatic heterocycles. The smallest absolute Gasteiger partial charge is 0.250 e. The van der Waals surface area contributed by atoms with Crippen molar-refractivity contribution >= 4 is 5.91 Å². The SMILES string of the molecule is CC[C@]1(c2cccc(-c3ccnc(C)c3)c2)C2=CN=NC2NC2=C1C(=O)N[C@@]1(CCCOC1)C2. The van der Waals surface area contributed by atoms with Crippen molar-refractivity contribution in [1.82, 2.24) is 15.6 Å². The summed E-state index contributed by atoms with van der Waals surface area (Å²) in [7, 11) is 0. The summed E-state index contributed by atoms with van der Waals surface area (Å²) >= 11 is 0. The molecule has 0 radical (unpaired) electrons. The van der Waals surface area contributed by atoms with Crippen LogP contribution in [0.25, 0.3) is 11.1 Å². The van der Waals surface area contributed by atoms with Gasteiger partial charge < -0.3 is 15.4 Å². The number of hydrogen-bond acceptors (Lipinski definition) is 6. The molecule has 0 bridgehead atoms. The molecule has 7 nitrogen and oxygen atoms in total. The minimum absolute atomic E-state index is 0.0162. The molecule has 1 unspecified atom stereocenters. The van der Waals surface area contributed by atoms with Gasteiger partial charge in [-0.2, -0.15) is 10.2 Å². The van der Waals surface area contributed by atoms with Gasteiger partial charge in [0.05, 0.1) is 29.3 Å². The van der Waals surface area contributed by atoms with Gasteiger partial charge in [-0.05, 0) is 61.1 Å². The Kier molecular flexibility index (Phi) is 4.92. The van der Waals surface area contributed by atoms with Gasteiger partial charge in [0.25, 0.3) is 5.91 Å². The first-order valence-electron chi connectivity index (χ1n) is 12.1. The van der Waals surface area contributed by atoms with Crippen LogP contribution in [0.1, 0.15) is 43.9 Å². The number of benzene rings is 1. The molecular formula is C27H29N5O2. The minimum Gasteiger partial charge on any atom is -0.379 e. The van der Waals surface area contributed by atoms with Gasteiger partial charge in [-0.1, -0.05) is 25.1 Å². The van der Waals surface area contributed by atoms with Crippen molar-refractivity contribution in [3.05, 3.63) is 76.9 Å². The molecule has 0 saturated carbocycles. The largest absolute Gasteiger partial charge is 0.379 e. The molecule has 174 valence electrons. The lowest BCUT2D eigenvalue weighted by Crippen LogP contribution is -2.62. The van der Waals surface area contributed by atoms with Gasteiger partial charge in [0.1, 0.15) is 0 Å². The number of carbonyl (C=O) groups is 1. The Labute approximate surface area is 199 Å². The summed E-state index contributed by atoms with van der Waals surface area (Å²) in [6, 6.07) is 12.7. The van der Waals surface area contributed by atoms with E-state index in [2.05, 4.69) is 63.1 Å². The maximum absolute atomic E-state index is 13.9. The van der Waals surface area contributed by atoms with Crippen LogP contribution in [0.3, 0.4) is 0 Å². The van der Waals surface area contributed by atoms with Crippen LogP contribution >= 0.6 is 0 Å². The second-order valence-electron chi connectivity index (χ2n) is 9.81. The van der Waals surface area contributed by atoms with E-state index in [1.807, 2.05) is 25.4 Å². The summed E-state index contributed by atoms with van der Waals surface area (Å²) in [5.41, 5.74) is 6.13. The molecule has 1 aromatic heterocycles. The summed E-state index contributed by atoms with van der Waals surface area (Å²) in [4.78, 5) is 18.2. The van der Waals surface area contributed by atoms with Crippen LogP contribution in [0.2, 0.25) is 0 Å². The Bertz CT molecular complexity index is 1260. The molecular weight excluding hydrogens is 426 g/mol. The maximum Gasteiger partial charge on any atom is 0.250 e. The number of amides is 1. The van der Waals surface area contributed by atoms with E-state index in [4.69, 9.17) is 4.74 Å². The van der Waals surface area contributed by atoms with Crippen molar-refractivity contribution in [3.63, 3.8) is 0 Å². The Morgan fingerprint density at radius 1 is 1.21 bits per heavy atom. The molecule has 0 aliphatic carbocycles. The van der Waals surface area contributed by atoms with Gasteiger partial charge in [0, 0.05) is 36.2 Å². The number of hydrogen-bond donors (Lipinski definition) is 2. The minimum atomic E-state index is -0.603. The van der Waals surface area contributed by atoms with Crippen molar-refractivity contribution in [2.24, 2.45) is 10.2 Å². The number of rotatable bonds is 3. The molecule has 1 spiro atoms. The number of nitrogens with zero attached hydrogens (tertiary/aromatic N) is 3. The lowest BCUT2D eigenvalue weighted by Gasteiger charge is -2.50. The number of aryl methyl sites for hydroxylation is 1. The third kappa shape index (κ3) is 3.14. The lowest BCUT2D eigenvalue weighted by atomic mass is 9.61. The molecule has 3 atom stereocenters. The van der Waals surface area contributed by atoms with Gasteiger partial charge in [-0.25, -0.2) is 0 Å². The standard InChI is InChI=1S/C27H29N5O2/c1-3-27(20-7-4-6-18(13-20)19-8-10-28-17(2)12-19)21-15-29-32-24(21)30-22-14-26(9-5-11-34-16-26)31-25(33)23(22)27/h4,6-8,10,12-13,15,24,30H,3,5,9,11,14,16H2,1-2H3,(H,31,33)/t24?,26-,27-/m0/s1. The van der Waals surface area contributed by atoms with E-state index in [1.165, 1.54) is 0 Å². The average molecular weight is 456 g/mol. The van der Waals surface area contributed by atoms with Gasteiger partial charge >= 0.3 is 0 Å². The number of carbonyl (C=O) groups excluding carboxylic acids is 1. The van der Waals surface area contributed by atoms with Gasteiger partial charge in [0.2, 0.25) is 0 Å². The Hall–Kier alpha value is -3.32. The van der Waals surface area contributed by atoms with Crippen LogP contribution < -0.4 is 10.6 Å². The average Bonchev–Trinajstić information content (AvgIpc) is 3.32. The van der Waals surface area contributed by atoms with Crippen molar-refractivity contribution < 1.29 is 9.53 Å². The number of ether oxygens (including phenoxy) is 1. The zero-order chi connectivity index (χ0) is 23.3. The second kappa shape index (κ2) is 7.87. The fourth-order valence-electron chi connectivity index (χ4n) is 6.22. The normalized spacial score (nSPS) is 29.9. The fourth-order valence-corrected chi connectivity index (χ4v) is 6.22. The monoisotopic (exact) mass is 455 g/mol. The summed E-state index contributed by atoms with van der Waals surface area (Å²) in [5.74, 6) is -0.0162. The van der Waals surface area contributed by atoms with E-state index in [-0.39, 0.29) is 17.6 Å². The van der Waals surface area contributed by atoms with Crippen LogP contribution in [0.5, 0.6) is 0 Å². The third-order valence-electron chi connectivity index (χ3n) is 7.76. The van der Waals surface area contributed by atoms with Crippen LogP contribution in [0.15, 0.2) is 75.9 Å². The molecule has 4 aliphatic rings. The number of fused-ring (bicyclic) bond motifs is 1. The highest BCUT2D eigenvalue weighted by molar-refractivity contribution is 6.00. The summed E-state index contributed by atoms with van der Waals surface area (Å²) in [6.07, 6.45) is 6.75. The fraction of sp³-hybridized carbons (Fsp3) is 0.407. The molecule has 1 saturated heterocycles. The van der Waals surface area contributed by atoms with Crippen molar-refractivity contribution in [2.75, 3.05) is 13.2 Å². The van der Waals surface area contributed by atoms with Gasteiger partial charge in [0.15, 0.2) is 6.17 Å². The van der Waals surface area contributed by atoms with Crippen molar-refractivity contribution in [1.29, 1.82) is 0 Å². The highest BCUT2D eigenvalue weighted by Crippen LogP contribution is 2.52. The summed E-state index contributed by atoms with van der Waals surface area (Å²) in [6.45, 7) is 5.44. The summed E-state index contributed by atoms with van der Waals surface area (Å²) in [5, 5.41) is 15.7. The Morgan fingerprint density at radius 3 is 2.88 bits per heavy atom. The van der Waals surface area contributed by atoms with Gasteiger partial charge in [-0.3, -0.25) is 9.78 Å². The maximum atomic E-state index is 13.9. The third-order valence-corrected chi connectivity index (χ3v) is 7.76. The molecule has 5 heterocycles. The van der Waals surface area contributed by atoms with E-state index >= 15 is 0 Å². The molecule has 7 heteroatoms. The predicted molar refractivity (Wildman–Crippen MR) is 129 cm³/mol. The molecule has 6 rings (SSSR count). The van der Waals surface area contributed by atoms with Crippen LogP contribution in [-0.4, -0.2) is 35.8 Å². The molecule has 1 aromatic carbocycles. The quantitative estimate of drug-likeness (QED) is 0.722. The van der Waals surface area contributed by atoms with E-state index in [1.54, 1.807) is 0 Å². The van der Waals surface area contributed by atoms with E-state index in [0.29, 0.717) is 6.61 Å². The zero-order valence-electron chi connectivity index (χ0n) is 19.6. The van der Waals surface area contributed by atoms with E-state index < -0.39 is 5.41 Å². The first-order valence-corrected chi connectivity index (χ1v) is 12.1. The van der Waals surface area contributed by atoms with Crippen molar-refractivity contribution in [3.8, 4) is 11.1 Å². The number of aromatic nitrogens is 1. The second-order valence-corrected chi connectivity index (χ2v) is 9.81. The first kappa shape index (κ1) is 21.2. The van der Waals surface area contributed by atoms with E-state index in [0.717, 1.165) is 71.5 Å². The highest BCUT2D eigenvalue weighted by atomic mass is 16.5. The van der Waals surface area contributed by atoms with E-state index in [9.17, 15) is 4.79 Å². The molecule has 1 amide bonds.